The number of hydrogen-bond donors (Lipinski definition) is 1. The summed E-state index contributed by atoms with van der Waals surface area (Å²) in [6.45, 7) is 5.97. The van der Waals surface area contributed by atoms with Crippen LogP contribution >= 0.6 is 0 Å². The van der Waals surface area contributed by atoms with E-state index >= 15 is 0 Å². The van der Waals surface area contributed by atoms with Crippen molar-refractivity contribution in [2.75, 3.05) is 11.9 Å². The average Bonchev–Trinajstić information content (AvgIpc) is 2.25. The van der Waals surface area contributed by atoms with Crippen LogP contribution in [0, 0.1) is 10.1 Å². The van der Waals surface area contributed by atoms with Gasteiger partial charge < -0.3 is 5.32 Å². The Labute approximate surface area is 92.9 Å². The molecule has 0 aliphatic carbocycles. The van der Waals surface area contributed by atoms with Crippen LogP contribution in [0.5, 0.6) is 0 Å². The second-order valence-electron chi connectivity index (χ2n) is 3.46. The number of nitro groups is 1. The highest BCUT2D eigenvalue weighted by Gasteiger charge is 2.13. The zero-order valence-corrected chi connectivity index (χ0v) is 8.90. The van der Waals surface area contributed by atoms with Crippen molar-refractivity contribution in [1.82, 2.24) is 0 Å². The summed E-state index contributed by atoms with van der Waals surface area (Å²) in [5.41, 5.74) is 1.44. The summed E-state index contributed by atoms with van der Waals surface area (Å²) in [5, 5.41) is 13.6. The first kappa shape index (κ1) is 11.9. The van der Waals surface area contributed by atoms with Crippen molar-refractivity contribution >= 4 is 17.7 Å². The minimum atomic E-state index is -0.520. The van der Waals surface area contributed by atoms with Crippen molar-refractivity contribution in [3.05, 3.63) is 46.0 Å². The van der Waals surface area contributed by atoms with Gasteiger partial charge in [0.05, 0.1) is 4.92 Å². The molecule has 0 saturated carbocycles. The zero-order valence-electron chi connectivity index (χ0n) is 8.90. The zero-order chi connectivity index (χ0) is 12.1. The smallest absolute Gasteiger partial charge is 0.293 e. The van der Waals surface area contributed by atoms with Gasteiger partial charge in [0.25, 0.3) is 5.69 Å². The molecular formula is C11H12N2O3. The Balaban J connectivity index is 3.03. The molecule has 0 aromatic heterocycles. The minimum Gasteiger partial charge on any atom is -0.376 e. The van der Waals surface area contributed by atoms with E-state index in [9.17, 15) is 14.9 Å². The molecule has 0 atom stereocenters. The first-order valence-electron chi connectivity index (χ1n) is 4.66. The van der Waals surface area contributed by atoms with E-state index in [0.29, 0.717) is 18.5 Å². The predicted molar refractivity (Wildman–Crippen MR) is 61.8 cm³/mol. The third-order valence-electron chi connectivity index (χ3n) is 1.94. The van der Waals surface area contributed by atoms with E-state index in [0.717, 1.165) is 5.57 Å². The molecule has 5 nitrogen and oxygen atoms in total. The van der Waals surface area contributed by atoms with Gasteiger partial charge in [0, 0.05) is 18.2 Å². The van der Waals surface area contributed by atoms with E-state index in [1.165, 1.54) is 18.2 Å². The fraction of sp³-hybridized carbons (Fsp3) is 0.182. The van der Waals surface area contributed by atoms with Crippen molar-refractivity contribution in [2.24, 2.45) is 0 Å². The number of carbonyl (C=O) groups excluding carboxylic acids is 1. The highest BCUT2D eigenvalue weighted by molar-refractivity contribution is 5.79. The molecule has 0 amide bonds. The summed E-state index contributed by atoms with van der Waals surface area (Å²) < 4.78 is 0. The second-order valence-corrected chi connectivity index (χ2v) is 3.46. The predicted octanol–water partition coefficient (Wildman–Crippen LogP) is 2.40. The summed E-state index contributed by atoms with van der Waals surface area (Å²) in [6.07, 6.45) is 0.579. The van der Waals surface area contributed by atoms with Crippen LogP contribution in [0.25, 0.3) is 0 Å². The Morgan fingerprint density at radius 2 is 2.31 bits per heavy atom. The molecule has 0 saturated heterocycles. The molecule has 16 heavy (non-hydrogen) atoms. The summed E-state index contributed by atoms with van der Waals surface area (Å²) in [7, 11) is 0. The van der Waals surface area contributed by atoms with Crippen LogP contribution in [0.4, 0.5) is 11.4 Å². The van der Waals surface area contributed by atoms with Gasteiger partial charge >= 0.3 is 0 Å². The lowest BCUT2D eigenvalue weighted by molar-refractivity contribution is -0.384. The first-order chi connectivity index (χ1) is 7.54. The van der Waals surface area contributed by atoms with Crippen molar-refractivity contribution in [3.8, 4) is 0 Å². The molecule has 0 heterocycles. The molecule has 1 rings (SSSR count). The number of nitro benzene ring substituents is 1. The number of benzene rings is 1. The normalized spacial score (nSPS) is 9.56. The van der Waals surface area contributed by atoms with Crippen molar-refractivity contribution in [2.45, 2.75) is 6.92 Å². The van der Waals surface area contributed by atoms with E-state index < -0.39 is 4.92 Å². The number of nitrogens with zero attached hydrogens (tertiary/aromatic N) is 1. The number of nitrogens with one attached hydrogen (secondary N) is 1. The van der Waals surface area contributed by atoms with Crippen LogP contribution in [-0.2, 0) is 0 Å². The minimum absolute atomic E-state index is 0.106. The molecule has 0 radical (unpaired) electrons. The van der Waals surface area contributed by atoms with E-state index in [1.807, 2.05) is 6.92 Å². The van der Waals surface area contributed by atoms with E-state index in [-0.39, 0.29) is 11.3 Å². The summed E-state index contributed by atoms with van der Waals surface area (Å²) in [5.74, 6) is 0. The first-order valence-corrected chi connectivity index (χ1v) is 4.66. The van der Waals surface area contributed by atoms with Crippen LogP contribution in [0.1, 0.15) is 17.3 Å². The third-order valence-corrected chi connectivity index (χ3v) is 1.94. The average molecular weight is 220 g/mol. The van der Waals surface area contributed by atoms with Crippen LogP contribution < -0.4 is 5.32 Å². The Morgan fingerprint density at radius 1 is 1.62 bits per heavy atom. The molecule has 5 heteroatoms. The van der Waals surface area contributed by atoms with Gasteiger partial charge in [0.15, 0.2) is 0 Å². The molecule has 1 N–H and O–H groups in total. The molecule has 0 aliphatic heterocycles. The van der Waals surface area contributed by atoms with E-state index in [1.54, 1.807) is 0 Å². The van der Waals surface area contributed by atoms with Gasteiger partial charge in [-0.2, -0.15) is 0 Å². The van der Waals surface area contributed by atoms with Gasteiger partial charge in [-0.25, -0.2) is 0 Å². The van der Waals surface area contributed by atoms with Gasteiger partial charge in [-0.3, -0.25) is 14.9 Å². The van der Waals surface area contributed by atoms with E-state index in [2.05, 4.69) is 11.9 Å². The summed E-state index contributed by atoms with van der Waals surface area (Å²) in [4.78, 5) is 20.7. The molecule has 0 unspecified atom stereocenters. The van der Waals surface area contributed by atoms with Crippen molar-refractivity contribution in [3.63, 3.8) is 0 Å². The van der Waals surface area contributed by atoms with Crippen LogP contribution in [0.3, 0.4) is 0 Å². The van der Waals surface area contributed by atoms with Gasteiger partial charge in [-0.15, -0.1) is 0 Å². The monoisotopic (exact) mass is 220 g/mol. The van der Waals surface area contributed by atoms with Gasteiger partial charge in [-0.1, -0.05) is 12.2 Å². The number of rotatable bonds is 5. The maximum atomic E-state index is 10.8. The number of carbonyl (C=O) groups is 1. The van der Waals surface area contributed by atoms with Gasteiger partial charge in [0.1, 0.15) is 12.0 Å². The number of aldehydes is 1. The number of hydrogen-bond acceptors (Lipinski definition) is 4. The van der Waals surface area contributed by atoms with Crippen molar-refractivity contribution < 1.29 is 9.72 Å². The van der Waals surface area contributed by atoms with E-state index in [4.69, 9.17) is 0 Å². The Kier molecular flexibility index (Phi) is 3.77. The maximum absolute atomic E-state index is 10.8. The van der Waals surface area contributed by atoms with Gasteiger partial charge in [0.2, 0.25) is 0 Å². The molecule has 0 fully saturated rings. The molecule has 1 aromatic carbocycles. The lowest BCUT2D eigenvalue weighted by atomic mass is 10.2. The standard InChI is InChI=1S/C11H12N2O3/c1-8(2)6-12-10-4-3-9(7-14)5-11(10)13(15)16/h3-5,7,12H,1,6H2,2H3. The van der Waals surface area contributed by atoms with Crippen LogP contribution in [0.15, 0.2) is 30.4 Å². The molecule has 0 aliphatic rings. The molecule has 84 valence electrons. The van der Waals surface area contributed by atoms with Crippen molar-refractivity contribution in [1.29, 1.82) is 0 Å². The summed E-state index contributed by atoms with van der Waals surface area (Å²) >= 11 is 0. The highest BCUT2D eigenvalue weighted by atomic mass is 16.6. The molecule has 1 aromatic rings. The molecule has 0 bridgehead atoms. The quantitative estimate of drug-likeness (QED) is 0.358. The number of anilines is 1. The maximum Gasteiger partial charge on any atom is 0.293 e. The third kappa shape index (κ3) is 2.91. The van der Waals surface area contributed by atoms with Crippen LogP contribution in [0.2, 0.25) is 0 Å². The topological polar surface area (TPSA) is 72.2 Å². The Morgan fingerprint density at radius 3 is 2.81 bits per heavy atom. The SMILES string of the molecule is C=C(C)CNc1ccc(C=O)cc1[N+](=O)[O-]. The fourth-order valence-electron chi connectivity index (χ4n) is 1.17. The van der Waals surface area contributed by atoms with Gasteiger partial charge in [-0.05, 0) is 19.1 Å². The lowest BCUT2D eigenvalue weighted by Gasteiger charge is -2.06. The highest BCUT2D eigenvalue weighted by Crippen LogP contribution is 2.24. The largest absolute Gasteiger partial charge is 0.376 e. The Hall–Kier alpha value is -2.17. The molecular weight excluding hydrogens is 208 g/mol. The van der Waals surface area contributed by atoms with Crippen LogP contribution in [-0.4, -0.2) is 17.8 Å². The Bertz CT molecular complexity index is 441. The molecule has 0 spiro atoms. The second kappa shape index (κ2) is 5.06. The summed E-state index contributed by atoms with van der Waals surface area (Å²) in [6, 6.07) is 4.29. The fourth-order valence-corrected chi connectivity index (χ4v) is 1.17. The lowest BCUT2D eigenvalue weighted by Crippen LogP contribution is -2.05.